The number of fused-ring (bicyclic) bond motifs is 2. The van der Waals surface area contributed by atoms with Gasteiger partial charge in [0.25, 0.3) is 0 Å². The highest BCUT2D eigenvalue weighted by atomic mass is 16.5. The van der Waals surface area contributed by atoms with Crippen LogP contribution in [0.4, 0.5) is 0 Å². The molecule has 6 rings (SSSR count). The summed E-state index contributed by atoms with van der Waals surface area (Å²) in [6.07, 6.45) is 4.44. The number of unbranched alkanes of at least 4 members (excludes halogenated alkanes) is 3. The third kappa shape index (κ3) is 13.8. The maximum atomic E-state index is 12.9. The minimum atomic E-state index is -0.467. The van der Waals surface area contributed by atoms with Crippen molar-refractivity contribution in [1.29, 1.82) is 0 Å². The highest BCUT2D eigenvalue weighted by Gasteiger charge is 2.16. The molecule has 0 aliphatic carbocycles. The van der Waals surface area contributed by atoms with Crippen LogP contribution in [0.25, 0.3) is 21.5 Å². The SMILES string of the molecule is CCOC(=O)c1cc(C#Cc2ccc3cc(OCCCO)ccc3c2)ccc1OCCCCCCOc1ccc(C#Cc2ccc3cc(OCCCO)ccc3c2)cc1C(=O)OCC. The van der Waals surface area contributed by atoms with Gasteiger partial charge in [-0.25, -0.2) is 9.59 Å². The van der Waals surface area contributed by atoms with Crippen molar-refractivity contribution in [3.05, 3.63) is 143 Å². The summed E-state index contributed by atoms with van der Waals surface area (Å²) in [5.41, 5.74) is 3.65. The second kappa shape index (κ2) is 24.6. The Labute approximate surface area is 375 Å². The summed E-state index contributed by atoms with van der Waals surface area (Å²) < 4.78 is 34.2. The van der Waals surface area contributed by atoms with Crippen LogP contribution in [0.5, 0.6) is 23.0 Å². The van der Waals surface area contributed by atoms with Crippen LogP contribution in [-0.2, 0) is 9.47 Å². The van der Waals surface area contributed by atoms with E-state index in [0.717, 1.165) is 69.9 Å². The largest absolute Gasteiger partial charge is 0.493 e. The van der Waals surface area contributed by atoms with Crippen molar-refractivity contribution in [3.8, 4) is 46.7 Å². The Bertz CT molecular complexity index is 2460. The molecular weight excluding hydrogens is 809 g/mol. The lowest BCUT2D eigenvalue weighted by Gasteiger charge is -2.12. The molecule has 0 aromatic heterocycles. The van der Waals surface area contributed by atoms with Crippen LogP contribution in [0.2, 0.25) is 0 Å². The summed E-state index contributed by atoms with van der Waals surface area (Å²) in [7, 11) is 0. The molecule has 0 heterocycles. The molecule has 6 aromatic rings. The van der Waals surface area contributed by atoms with Crippen LogP contribution in [-0.4, -0.2) is 75.0 Å². The first kappa shape index (κ1) is 46.5. The van der Waals surface area contributed by atoms with Crippen molar-refractivity contribution in [2.75, 3.05) is 52.9 Å². The van der Waals surface area contributed by atoms with Crippen LogP contribution in [0.15, 0.2) is 109 Å². The molecule has 0 saturated carbocycles. The first-order valence-corrected chi connectivity index (χ1v) is 21.8. The summed E-state index contributed by atoms with van der Waals surface area (Å²) in [4.78, 5) is 25.9. The second-order valence-corrected chi connectivity index (χ2v) is 14.8. The summed E-state index contributed by atoms with van der Waals surface area (Å²) in [5.74, 6) is 14.2. The zero-order chi connectivity index (χ0) is 44.9. The fourth-order valence-electron chi connectivity index (χ4n) is 6.71. The van der Waals surface area contributed by atoms with Crippen molar-refractivity contribution >= 4 is 33.5 Å². The Hall–Kier alpha value is -6.98. The molecule has 0 atom stereocenters. The van der Waals surface area contributed by atoms with E-state index >= 15 is 0 Å². The number of carbonyl (C=O) groups is 2. The van der Waals surface area contributed by atoms with Gasteiger partial charge in [-0.3, -0.25) is 0 Å². The summed E-state index contributed by atoms with van der Waals surface area (Å²) in [6.45, 7) is 5.94. The Balaban J connectivity index is 0.987. The summed E-state index contributed by atoms with van der Waals surface area (Å²) >= 11 is 0. The maximum Gasteiger partial charge on any atom is 0.341 e. The molecule has 2 N–H and O–H groups in total. The number of ether oxygens (including phenoxy) is 6. The lowest BCUT2D eigenvalue weighted by molar-refractivity contribution is 0.0511. The highest BCUT2D eigenvalue weighted by molar-refractivity contribution is 5.94. The van der Waals surface area contributed by atoms with Crippen molar-refractivity contribution in [2.45, 2.75) is 52.4 Å². The van der Waals surface area contributed by atoms with Crippen LogP contribution in [0, 0.1) is 23.7 Å². The number of rotatable bonds is 21. The average Bonchev–Trinajstić information content (AvgIpc) is 3.31. The molecule has 0 unspecified atom stereocenters. The Kier molecular flexibility index (Phi) is 17.9. The van der Waals surface area contributed by atoms with E-state index in [1.807, 2.05) is 84.9 Å². The monoisotopic (exact) mass is 862 g/mol. The smallest absolute Gasteiger partial charge is 0.341 e. The van der Waals surface area contributed by atoms with Gasteiger partial charge < -0.3 is 38.6 Å². The van der Waals surface area contributed by atoms with Gasteiger partial charge in [-0.05, 0) is 146 Å². The zero-order valence-electron chi connectivity index (χ0n) is 36.5. The standard InChI is InChI=1S/C54H54O10/c1-3-59-53(57)49-35-41(13-11-39-15-19-45-37-47(61-31-9-27-55)23-21-43(45)33-39)17-25-51(49)63-29-7-5-6-8-30-64-52-26-18-42(36-50(52)54(58)60-4-2)14-12-40-16-20-46-38-48(62-32-10-28-56)24-22-44(46)34-40/h15-26,33-38,55-56H,3-10,27-32H2,1-2H3. The third-order valence-electron chi connectivity index (χ3n) is 9.97. The van der Waals surface area contributed by atoms with Gasteiger partial charge in [0.05, 0.1) is 39.6 Å². The molecule has 64 heavy (non-hydrogen) atoms. The first-order valence-electron chi connectivity index (χ1n) is 21.8. The first-order chi connectivity index (χ1) is 31.4. The van der Waals surface area contributed by atoms with E-state index in [-0.39, 0.29) is 26.4 Å². The van der Waals surface area contributed by atoms with Crippen molar-refractivity contribution < 1.29 is 48.2 Å². The number of benzene rings is 6. The Morgan fingerprint density at radius 3 is 1.19 bits per heavy atom. The van der Waals surface area contributed by atoms with Gasteiger partial charge in [0, 0.05) is 48.3 Å². The van der Waals surface area contributed by atoms with Gasteiger partial charge in [-0.1, -0.05) is 47.9 Å². The van der Waals surface area contributed by atoms with E-state index < -0.39 is 11.9 Å². The van der Waals surface area contributed by atoms with E-state index in [1.54, 1.807) is 38.1 Å². The van der Waals surface area contributed by atoms with E-state index in [2.05, 4.69) is 23.7 Å². The minimum absolute atomic E-state index is 0.0913. The van der Waals surface area contributed by atoms with Gasteiger partial charge in [-0.15, -0.1) is 0 Å². The number of carbonyl (C=O) groups excluding carboxylic acids is 2. The summed E-state index contributed by atoms with van der Waals surface area (Å²) in [5, 5.41) is 22.1. The molecule has 6 aromatic carbocycles. The van der Waals surface area contributed by atoms with Gasteiger partial charge in [0.15, 0.2) is 0 Å². The Morgan fingerprint density at radius 2 is 0.781 bits per heavy atom. The third-order valence-corrected chi connectivity index (χ3v) is 9.97. The molecule has 10 heteroatoms. The lowest BCUT2D eigenvalue weighted by Crippen LogP contribution is -2.09. The van der Waals surface area contributed by atoms with Gasteiger partial charge in [0.2, 0.25) is 0 Å². The quantitative estimate of drug-likeness (QED) is 0.0410. The molecule has 0 amide bonds. The van der Waals surface area contributed by atoms with Gasteiger partial charge >= 0.3 is 11.9 Å². The van der Waals surface area contributed by atoms with Crippen LogP contribution >= 0.6 is 0 Å². The summed E-state index contributed by atoms with van der Waals surface area (Å²) in [6, 6.07) is 34.2. The molecule has 0 radical (unpaired) electrons. The van der Waals surface area contributed by atoms with E-state index in [9.17, 15) is 9.59 Å². The Morgan fingerprint density at radius 1 is 0.422 bits per heavy atom. The molecule has 0 bridgehead atoms. The number of esters is 2. The van der Waals surface area contributed by atoms with Crippen LogP contribution in [0.3, 0.4) is 0 Å². The number of aliphatic hydroxyl groups excluding tert-OH is 2. The molecule has 330 valence electrons. The zero-order valence-corrected chi connectivity index (χ0v) is 36.5. The fourth-order valence-corrected chi connectivity index (χ4v) is 6.71. The lowest BCUT2D eigenvalue weighted by atomic mass is 10.1. The van der Waals surface area contributed by atoms with Crippen molar-refractivity contribution in [1.82, 2.24) is 0 Å². The van der Waals surface area contributed by atoms with Gasteiger partial charge in [0.1, 0.15) is 34.1 Å². The normalized spacial score (nSPS) is 10.6. The van der Waals surface area contributed by atoms with E-state index in [1.165, 1.54) is 0 Å². The van der Waals surface area contributed by atoms with Gasteiger partial charge in [-0.2, -0.15) is 0 Å². The van der Waals surface area contributed by atoms with Crippen molar-refractivity contribution in [2.24, 2.45) is 0 Å². The highest BCUT2D eigenvalue weighted by Crippen LogP contribution is 2.26. The van der Waals surface area contributed by atoms with E-state index in [0.29, 0.717) is 73.0 Å². The predicted molar refractivity (Wildman–Crippen MR) is 249 cm³/mol. The van der Waals surface area contributed by atoms with Crippen LogP contribution < -0.4 is 18.9 Å². The molecule has 0 saturated heterocycles. The molecule has 10 nitrogen and oxygen atoms in total. The average molecular weight is 863 g/mol. The predicted octanol–water partition coefficient (Wildman–Crippen LogP) is 9.69. The topological polar surface area (TPSA) is 130 Å². The van der Waals surface area contributed by atoms with Crippen LogP contribution in [0.1, 0.15) is 95.3 Å². The maximum absolute atomic E-state index is 12.9. The van der Waals surface area contributed by atoms with Crippen molar-refractivity contribution in [3.63, 3.8) is 0 Å². The second-order valence-electron chi connectivity index (χ2n) is 14.8. The molecule has 0 spiro atoms. The molecule has 0 fully saturated rings. The minimum Gasteiger partial charge on any atom is -0.493 e. The van der Waals surface area contributed by atoms with E-state index in [4.69, 9.17) is 38.6 Å². The number of hydrogen-bond donors (Lipinski definition) is 2. The molecular formula is C54H54O10. The molecule has 0 aliphatic rings. The fraction of sp³-hybridized carbons (Fsp3) is 0.296. The molecule has 0 aliphatic heterocycles. The number of aliphatic hydroxyl groups is 2. The number of hydrogen-bond acceptors (Lipinski definition) is 10.